The number of ether oxygens (including phenoxy) is 1. The van der Waals surface area contributed by atoms with Gasteiger partial charge in [-0.2, -0.15) is 5.26 Å². The third kappa shape index (κ3) is 3.87. The predicted molar refractivity (Wildman–Crippen MR) is 63.1 cm³/mol. The van der Waals surface area contributed by atoms with Crippen molar-refractivity contribution in [3.05, 3.63) is 23.9 Å². The highest BCUT2D eigenvalue weighted by molar-refractivity contribution is 5.39. The summed E-state index contributed by atoms with van der Waals surface area (Å²) in [6.07, 6.45) is 2.10. The Balaban J connectivity index is 2.65. The Hall–Kier alpha value is -1.60. The molecule has 0 aliphatic rings. The molecule has 0 bridgehead atoms. The summed E-state index contributed by atoms with van der Waals surface area (Å²) in [4.78, 5) is 4.17. The first kappa shape index (κ1) is 12.5. The van der Waals surface area contributed by atoms with E-state index in [9.17, 15) is 0 Å². The molecule has 0 amide bonds. The van der Waals surface area contributed by atoms with Crippen LogP contribution in [-0.4, -0.2) is 24.7 Å². The summed E-state index contributed by atoms with van der Waals surface area (Å²) in [5, 5.41) is 12.0. The number of aromatic nitrogens is 1. The van der Waals surface area contributed by atoms with E-state index in [1.54, 1.807) is 13.2 Å². The van der Waals surface area contributed by atoms with Crippen LogP contribution in [0.5, 0.6) is 0 Å². The Morgan fingerprint density at radius 2 is 2.38 bits per heavy atom. The van der Waals surface area contributed by atoms with Crippen molar-refractivity contribution in [1.29, 1.82) is 5.26 Å². The second-order valence-corrected chi connectivity index (χ2v) is 3.61. The lowest BCUT2D eigenvalue weighted by Gasteiger charge is -2.17. The van der Waals surface area contributed by atoms with Gasteiger partial charge in [0.05, 0.1) is 12.6 Å². The van der Waals surface area contributed by atoms with E-state index in [2.05, 4.69) is 17.2 Å². The van der Waals surface area contributed by atoms with Crippen LogP contribution in [0, 0.1) is 11.3 Å². The molecule has 16 heavy (non-hydrogen) atoms. The molecule has 1 heterocycles. The molecule has 1 aromatic heterocycles. The summed E-state index contributed by atoms with van der Waals surface area (Å²) in [6, 6.07) is 7.64. The lowest BCUT2D eigenvalue weighted by Crippen LogP contribution is -2.25. The first-order chi connectivity index (χ1) is 7.80. The fourth-order valence-electron chi connectivity index (χ4n) is 1.53. The van der Waals surface area contributed by atoms with Crippen LogP contribution >= 0.6 is 0 Å². The largest absolute Gasteiger partial charge is 0.383 e. The smallest absolute Gasteiger partial charge is 0.142 e. The quantitative estimate of drug-likeness (QED) is 0.796. The minimum absolute atomic E-state index is 0.247. The van der Waals surface area contributed by atoms with E-state index >= 15 is 0 Å². The van der Waals surface area contributed by atoms with Crippen molar-refractivity contribution < 1.29 is 4.74 Å². The molecule has 0 aromatic carbocycles. The number of anilines is 1. The highest BCUT2D eigenvalue weighted by atomic mass is 16.5. The monoisotopic (exact) mass is 219 g/mol. The maximum Gasteiger partial charge on any atom is 0.142 e. The van der Waals surface area contributed by atoms with E-state index < -0.39 is 0 Å². The zero-order valence-electron chi connectivity index (χ0n) is 9.73. The Labute approximate surface area is 96.3 Å². The zero-order valence-corrected chi connectivity index (χ0v) is 9.73. The summed E-state index contributed by atoms with van der Waals surface area (Å²) >= 11 is 0. The van der Waals surface area contributed by atoms with Crippen molar-refractivity contribution >= 4 is 5.82 Å². The molecule has 0 saturated carbocycles. The van der Waals surface area contributed by atoms with Crippen molar-refractivity contribution in [1.82, 2.24) is 4.98 Å². The van der Waals surface area contributed by atoms with Crippen LogP contribution in [0.2, 0.25) is 0 Å². The van der Waals surface area contributed by atoms with E-state index in [4.69, 9.17) is 10.00 Å². The van der Waals surface area contributed by atoms with E-state index in [-0.39, 0.29) is 6.04 Å². The van der Waals surface area contributed by atoms with Crippen LogP contribution in [0.4, 0.5) is 5.82 Å². The second-order valence-electron chi connectivity index (χ2n) is 3.61. The number of pyridine rings is 1. The third-order valence-electron chi connectivity index (χ3n) is 2.22. The summed E-state index contributed by atoms with van der Waals surface area (Å²) in [6.45, 7) is 2.77. The number of nitrogens with one attached hydrogen (secondary N) is 1. The molecular weight excluding hydrogens is 202 g/mol. The second kappa shape index (κ2) is 6.81. The third-order valence-corrected chi connectivity index (χ3v) is 2.22. The lowest BCUT2D eigenvalue weighted by atomic mass is 10.2. The standard InChI is InChI=1S/C12H17N3O/c1-3-5-11(9-16-2)15-12-7-4-6-10(8-13)14-12/h4,6-7,11H,3,5,9H2,1-2H3,(H,14,15). The van der Waals surface area contributed by atoms with Crippen molar-refractivity contribution in [2.75, 3.05) is 19.0 Å². The number of nitriles is 1. The number of methoxy groups -OCH3 is 1. The molecule has 0 fully saturated rings. The molecule has 0 radical (unpaired) electrons. The van der Waals surface area contributed by atoms with Gasteiger partial charge in [-0.25, -0.2) is 4.98 Å². The molecule has 1 unspecified atom stereocenters. The Morgan fingerprint density at radius 1 is 1.56 bits per heavy atom. The fraction of sp³-hybridized carbons (Fsp3) is 0.500. The molecule has 1 rings (SSSR count). The van der Waals surface area contributed by atoms with E-state index in [0.717, 1.165) is 18.7 Å². The van der Waals surface area contributed by atoms with Crippen molar-refractivity contribution in [2.45, 2.75) is 25.8 Å². The average molecular weight is 219 g/mol. The Morgan fingerprint density at radius 3 is 3.00 bits per heavy atom. The minimum Gasteiger partial charge on any atom is -0.383 e. The van der Waals surface area contributed by atoms with Gasteiger partial charge in [-0.1, -0.05) is 19.4 Å². The topological polar surface area (TPSA) is 57.9 Å². The van der Waals surface area contributed by atoms with Gasteiger partial charge in [0.25, 0.3) is 0 Å². The molecule has 86 valence electrons. The van der Waals surface area contributed by atoms with Gasteiger partial charge in [0.1, 0.15) is 17.6 Å². The Bertz CT molecular complexity index is 354. The van der Waals surface area contributed by atoms with Crippen molar-refractivity contribution in [3.8, 4) is 6.07 Å². The first-order valence-corrected chi connectivity index (χ1v) is 5.42. The molecule has 1 atom stereocenters. The first-order valence-electron chi connectivity index (χ1n) is 5.42. The summed E-state index contributed by atoms with van der Waals surface area (Å²) < 4.78 is 5.13. The maximum absolute atomic E-state index is 8.74. The van der Waals surface area contributed by atoms with Crippen LogP contribution in [-0.2, 0) is 4.74 Å². The van der Waals surface area contributed by atoms with E-state index in [1.165, 1.54) is 0 Å². The molecule has 0 saturated heterocycles. The molecule has 1 aromatic rings. The Kier molecular flexibility index (Phi) is 5.30. The lowest BCUT2D eigenvalue weighted by molar-refractivity contribution is 0.182. The summed E-state index contributed by atoms with van der Waals surface area (Å²) in [7, 11) is 1.68. The van der Waals surface area contributed by atoms with Gasteiger partial charge in [0.15, 0.2) is 0 Å². The molecule has 1 N–H and O–H groups in total. The van der Waals surface area contributed by atoms with Gasteiger partial charge in [0.2, 0.25) is 0 Å². The van der Waals surface area contributed by atoms with Crippen LogP contribution in [0.25, 0.3) is 0 Å². The number of rotatable bonds is 6. The van der Waals surface area contributed by atoms with Crippen LogP contribution in [0.3, 0.4) is 0 Å². The molecule has 0 aliphatic heterocycles. The van der Waals surface area contributed by atoms with Gasteiger partial charge in [-0.3, -0.25) is 0 Å². The molecule has 0 spiro atoms. The zero-order chi connectivity index (χ0) is 11.8. The van der Waals surface area contributed by atoms with Crippen LogP contribution in [0.15, 0.2) is 18.2 Å². The van der Waals surface area contributed by atoms with Crippen molar-refractivity contribution in [2.24, 2.45) is 0 Å². The van der Waals surface area contributed by atoms with Crippen molar-refractivity contribution in [3.63, 3.8) is 0 Å². The number of nitrogens with zero attached hydrogens (tertiary/aromatic N) is 2. The fourth-order valence-corrected chi connectivity index (χ4v) is 1.53. The van der Waals surface area contributed by atoms with Gasteiger partial charge in [0, 0.05) is 7.11 Å². The van der Waals surface area contributed by atoms with E-state index in [1.807, 2.05) is 18.2 Å². The number of hydrogen-bond donors (Lipinski definition) is 1. The van der Waals surface area contributed by atoms with Gasteiger partial charge in [-0.15, -0.1) is 0 Å². The van der Waals surface area contributed by atoms with Gasteiger partial charge < -0.3 is 10.1 Å². The molecule has 4 heteroatoms. The maximum atomic E-state index is 8.74. The van der Waals surface area contributed by atoms with Crippen LogP contribution < -0.4 is 5.32 Å². The van der Waals surface area contributed by atoms with Gasteiger partial charge in [-0.05, 0) is 18.6 Å². The minimum atomic E-state index is 0.247. The van der Waals surface area contributed by atoms with Gasteiger partial charge >= 0.3 is 0 Å². The molecular formula is C12H17N3O. The normalized spacial score (nSPS) is 11.8. The highest BCUT2D eigenvalue weighted by Gasteiger charge is 2.07. The summed E-state index contributed by atoms with van der Waals surface area (Å²) in [5.74, 6) is 0.731. The van der Waals surface area contributed by atoms with Crippen LogP contribution in [0.1, 0.15) is 25.5 Å². The average Bonchev–Trinajstić information content (AvgIpc) is 2.30. The summed E-state index contributed by atoms with van der Waals surface area (Å²) in [5.41, 5.74) is 0.428. The highest BCUT2D eigenvalue weighted by Crippen LogP contribution is 2.09. The molecule has 4 nitrogen and oxygen atoms in total. The SMILES string of the molecule is CCCC(COC)Nc1cccc(C#N)n1. The molecule has 0 aliphatic carbocycles. The van der Waals surface area contributed by atoms with E-state index in [0.29, 0.717) is 12.3 Å². The predicted octanol–water partition coefficient (Wildman–Crippen LogP) is 2.18. The number of hydrogen-bond acceptors (Lipinski definition) is 4.